The molecule has 3 heterocycles. The Balaban J connectivity index is 1.69. The molecular formula is C26H25N3O6. The summed E-state index contributed by atoms with van der Waals surface area (Å²) < 4.78 is 5.35. The monoisotopic (exact) mass is 475 g/mol. The molecular weight excluding hydrogens is 450 g/mol. The Morgan fingerprint density at radius 2 is 1.74 bits per heavy atom. The van der Waals surface area contributed by atoms with E-state index in [0.29, 0.717) is 0 Å². The van der Waals surface area contributed by atoms with Crippen LogP contribution in [0.3, 0.4) is 0 Å². The molecule has 0 N–H and O–H groups in total. The molecule has 9 nitrogen and oxygen atoms in total. The van der Waals surface area contributed by atoms with E-state index in [1.807, 2.05) is 35.2 Å². The average molecular weight is 476 g/mol. The second-order valence-electron chi connectivity index (χ2n) is 10.1. The van der Waals surface area contributed by atoms with Crippen LogP contribution in [0.5, 0.6) is 5.75 Å². The highest BCUT2D eigenvalue weighted by atomic mass is 16.6. The van der Waals surface area contributed by atoms with Crippen LogP contribution in [-0.4, -0.2) is 40.6 Å². The number of nitrogens with zero attached hydrogens (tertiary/aromatic N) is 3. The molecule has 2 aromatic rings. The highest BCUT2D eigenvalue weighted by molar-refractivity contribution is 6.25. The summed E-state index contributed by atoms with van der Waals surface area (Å²) in [6.07, 6.45) is 3.70. The minimum Gasteiger partial charge on any atom is -0.495 e. The number of carbonyl (C=O) groups is 3. The third kappa shape index (κ3) is 3.25. The fourth-order valence-corrected chi connectivity index (χ4v) is 5.50. The van der Waals surface area contributed by atoms with Gasteiger partial charge in [0.1, 0.15) is 17.5 Å². The minimum atomic E-state index is -0.931. The number of hydrogen-bond acceptors (Lipinski definition) is 7. The van der Waals surface area contributed by atoms with Crippen molar-refractivity contribution in [3.05, 3.63) is 69.9 Å². The van der Waals surface area contributed by atoms with E-state index in [4.69, 9.17) is 4.74 Å². The van der Waals surface area contributed by atoms with Crippen molar-refractivity contribution in [3.8, 4) is 5.75 Å². The van der Waals surface area contributed by atoms with Crippen molar-refractivity contribution in [2.45, 2.75) is 32.9 Å². The smallest absolute Gasteiger partial charge is 0.271 e. The first-order valence-corrected chi connectivity index (χ1v) is 11.4. The first-order valence-electron chi connectivity index (χ1n) is 11.4. The molecule has 180 valence electrons. The van der Waals surface area contributed by atoms with Gasteiger partial charge in [0, 0.05) is 23.7 Å². The molecule has 3 aliphatic heterocycles. The number of methoxy groups -OCH3 is 1. The van der Waals surface area contributed by atoms with E-state index >= 15 is 0 Å². The molecule has 2 amide bonds. The van der Waals surface area contributed by atoms with Crippen LogP contribution in [0.15, 0.2) is 48.7 Å². The van der Waals surface area contributed by atoms with Crippen LogP contribution in [0.4, 0.5) is 11.4 Å². The summed E-state index contributed by atoms with van der Waals surface area (Å²) in [4.78, 5) is 55.2. The highest BCUT2D eigenvalue weighted by Crippen LogP contribution is 2.55. The first-order chi connectivity index (χ1) is 16.6. The predicted molar refractivity (Wildman–Crippen MR) is 127 cm³/mol. The van der Waals surface area contributed by atoms with Gasteiger partial charge < -0.3 is 9.64 Å². The molecule has 0 spiro atoms. The molecule has 2 saturated heterocycles. The van der Waals surface area contributed by atoms with Crippen LogP contribution in [0, 0.1) is 27.4 Å². The summed E-state index contributed by atoms with van der Waals surface area (Å²) >= 11 is 0. The number of ketones is 1. The van der Waals surface area contributed by atoms with E-state index in [2.05, 4.69) is 0 Å². The molecule has 0 aliphatic carbocycles. The minimum absolute atomic E-state index is 0.0132. The van der Waals surface area contributed by atoms with Crippen LogP contribution in [0.2, 0.25) is 0 Å². The quantitative estimate of drug-likeness (QED) is 0.376. The van der Waals surface area contributed by atoms with E-state index in [-0.39, 0.29) is 22.9 Å². The molecule has 2 fully saturated rings. The molecule has 5 rings (SSSR count). The zero-order valence-corrected chi connectivity index (χ0v) is 19.8. The standard InChI is InChI=1S/C26H25N3O6/c1-26(2,3)23(30)22-20-19(21-16-8-6-5-7-14(16)11-12-27(21)22)24(31)28(25(20)32)17-13-15(29(33)34)9-10-18(17)35-4/h5-13,19-22H,1-4H3/t19-,20+,21-,22+/m0/s1. The van der Waals surface area contributed by atoms with Gasteiger partial charge in [-0.05, 0) is 23.3 Å². The van der Waals surface area contributed by atoms with Crippen molar-refractivity contribution >= 4 is 35.0 Å². The van der Waals surface area contributed by atoms with Gasteiger partial charge in [-0.3, -0.25) is 24.5 Å². The van der Waals surface area contributed by atoms with Gasteiger partial charge in [-0.2, -0.15) is 0 Å². The summed E-state index contributed by atoms with van der Waals surface area (Å²) in [6.45, 7) is 5.38. The number of nitro benzene ring substituents is 1. The lowest BCUT2D eigenvalue weighted by Crippen LogP contribution is -2.47. The number of nitro groups is 1. The molecule has 9 heteroatoms. The third-order valence-electron chi connectivity index (χ3n) is 7.08. The average Bonchev–Trinajstić information content (AvgIpc) is 3.30. The van der Waals surface area contributed by atoms with Gasteiger partial charge in [0.15, 0.2) is 5.78 Å². The molecule has 0 radical (unpaired) electrons. The topological polar surface area (TPSA) is 110 Å². The van der Waals surface area contributed by atoms with Crippen LogP contribution >= 0.6 is 0 Å². The molecule has 0 saturated carbocycles. The summed E-state index contributed by atoms with van der Waals surface area (Å²) in [5, 5.41) is 11.4. The fourth-order valence-electron chi connectivity index (χ4n) is 5.50. The lowest BCUT2D eigenvalue weighted by atomic mass is 9.79. The lowest BCUT2D eigenvalue weighted by Gasteiger charge is -2.37. The number of ether oxygens (including phenoxy) is 1. The maximum Gasteiger partial charge on any atom is 0.271 e. The van der Waals surface area contributed by atoms with Crippen molar-refractivity contribution in [1.29, 1.82) is 0 Å². The number of non-ortho nitro benzene ring substituents is 1. The van der Waals surface area contributed by atoms with E-state index in [1.54, 1.807) is 27.0 Å². The highest BCUT2D eigenvalue weighted by Gasteiger charge is 2.65. The van der Waals surface area contributed by atoms with Crippen molar-refractivity contribution in [2.75, 3.05) is 12.0 Å². The Morgan fingerprint density at radius 3 is 2.40 bits per heavy atom. The molecule has 0 unspecified atom stereocenters. The maximum absolute atomic E-state index is 13.9. The molecule has 4 atom stereocenters. The Labute approximate surface area is 202 Å². The zero-order chi connectivity index (χ0) is 25.2. The van der Waals surface area contributed by atoms with E-state index in [0.717, 1.165) is 16.0 Å². The number of hydrogen-bond donors (Lipinski definition) is 0. The van der Waals surface area contributed by atoms with Gasteiger partial charge in [-0.15, -0.1) is 0 Å². The van der Waals surface area contributed by atoms with Gasteiger partial charge in [0.2, 0.25) is 11.8 Å². The number of imide groups is 1. The van der Waals surface area contributed by atoms with Crippen molar-refractivity contribution < 1.29 is 24.0 Å². The van der Waals surface area contributed by atoms with Crippen molar-refractivity contribution in [3.63, 3.8) is 0 Å². The molecule has 0 aromatic heterocycles. The predicted octanol–water partition coefficient (Wildman–Crippen LogP) is 3.73. The normalized spacial score (nSPS) is 24.8. The van der Waals surface area contributed by atoms with Crippen molar-refractivity contribution in [1.82, 2.24) is 4.90 Å². The van der Waals surface area contributed by atoms with Gasteiger partial charge in [0.05, 0.1) is 29.9 Å². The van der Waals surface area contributed by atoms with E-state index in [9.17, 15) is 24.5 Å². The zero-order valence-electron chi connectivity index (χ0n) is 19.8. The largest absolute Gasteiger partial charge is 0.495 e. The lowest BCUT2D eigenvalue weighted by molar-refractivity contribution is -0.384. The summed E-state index contributed by atoms with van der Waals surface area (Å²) in [6, 6.07) is 10.0. The van der Waals surface area contributed by atoms with Crippen LogP contribution in [-0.2, 0) is 14.4 Å². The number of fused-ring (bicyclic) bond motifs is 5. The molecule has 35 heavy (non-hydrogen) atoms. The number of rotatable bonds is 4. The first kappa shape index (κ1) is 22.8. The van der Waals surface area contributed by atoms with Gasteiger partial charge in [0.25, 0.3) is 5.69 Å². The van der Waals surface area contributed by atoms with E-state index < -0.39 is 46.1 Å². The third-order valence-corrected chi connectivity index (χ3v) is 7.08. The Kier molecular flexibility index (Phi) is 5.05. The SMILES string of the molecule is COc1ccc([N+](=O)[O-])cc1N1C(=O)[C@@H]2[C@H](C1=O)[C@@H]1c3ccccc3C=CN1[C@H]2C(=O)C(C)(C)C. The second kappa shape index (κ2) is 7.76. The Morgan fingerprint density at radius 1 is 1.06 bits per heavy atom. The molecule has 3 aliphatic rings. The number of carbonyl (C=O) groups excluding carboxylic acids is 3. The van der Waals surface area contributed by atoms with Crippen LogP contribution in [0.25, 0.3) is 6.08 Å². The second-order valence-corrected chi connectivity index (χ2v) is 10.1. The number of Topliss-reactive ketones (excluding diaryl/α,β-unsaturated/α-hetero) is 1. The van der Waals surface area contributed by atoms with Gasteiger partial charge in [-0.25, -0.2) is 4.90 Å². The molecule has 2 aromatic carbocycles. The summed E-state index contributed by atoms with van der Waals surface area (Å²) in [7, 11) is 1.37. The Hall–Kier alpha value is -4.01. The maximum atomic E-state index is 13.9. The molecule has 0 bridgehead atoms. The van der Waals surface area contributed by atoms with Crippen molar-refractivity contribution in [2.24, 2.45) is 17.3 Å². The van der Waals surface area contributed by atoms with E-state index in [1.165, 1.54) is 25.3 Å². The number of anilines is 1. The number of amides is 2. The Bertz CT molecular complexity index is 1310. The van der Waals surface area contributed by atoms with Gasteiger partial charge in [-0.1, -0.05) is 45.0 Å². The van der Waals surface area contributed by atoms with Crippen LogP contribution in [0.1, 0.15) is 37.9 Å². The van der Waals surface area contributed by atoms with Crippen LogP contribution < -0.4 is 9.64 Å². The summed E-state index contributed by atoms with van der Waals surface area (Å²) in [5.74, 6) is -2.79. The fraction of sp³-hybridized carbons (Fsp3) is 0.346. The summed E-state index contributed by atoms with van der Waals surface area (Å²) in [5.41, 5.74) is 0.772. The van der Waals surface area contributed by atoms with Gasteiger partial charge >= 0.3 is 0 Å². The number of benzene rings is 2.